The molecule has 0 aliphatic rings. The molecule has 6 nitrogen and oxygen atoms in total. The van der Waals surface area contributed by atoms with E-state index < -0.39 is 22.0 Å². The summed E-state index contributed by atoms with van der Waals surface area (Å²) in [5, 5.41) is 0. The Morgan fingerprint density at radius 1 is 1.24 bits per heavy atom. The van der Waals surface area contributed by atoms with Crippen molar-refractivity contribution in [1.29, 1.82) is 0 Å². The quantitative estimate of drug-likeness (QED) is 0.703. The Balaban J connectivity index is 2.73. The van der Waals surface area contributed by atoms with Crippen LogP contribution in [0, 0.1) is 5.82 Å². The first-order valence-electron chi connectivity index (χ1n) is 6.27. The van der Waals surface area contributed by atoms with Crippen LogP contribution in [0.25, 0.3) is 0 Å². The molecule has 0 saturated carbocycles. The number of benzene rings is 1. The number of esters is 1. The Labute approximate surface area is 124 Å². The lowest BCUT2D eigenvalue weighted by Gasteiger charge is -2.24. The molecule has 0 amide bonds. The Morgan fingerprint density at radius 3 is 2.43 bits per heavy atom. The third-order valence-electron chi connectivity index (χ3n) is 3.00. The molecule has 118 valence electrons. The molecular formula is C13H19FN2O4S. The number of carbonyl (C=O) groups excluding carboxylic acids is 1. The summed E-state index contributed by atoms with van der Waals surface area (Å²) < 4.78 is 44.5. The average Bonchev–Trinajstić information content (AvgIpc) is 2.46. The smallest absolute Gasteiger partial charge is 0.306 e. The van der Waals surface area contributed by atoms with E-state index >= 15 is 0 Å². The highest BCUT2D eigenvalue weighted by atomic mass is 32.2. The maximum Gasteiger partial charge on any atom is 0.306 e. The Hall–Kier alpha value is -1.51. The molecule has 0 fully saturated rings. The lowest BCUT2D eigenvalue weighted by atomic mass is 10.2. The topological polar surface area (TPSA) is 66.9 Å². The van der Waals surface area contributed by atoms with Crippen molar-refractivity contribution in [2.75, 3.05) is 27.7 Å². The molecule has 21 heavy (non-hydrogen) atoms. The molecule has 1 aromatic carbocycles. The third-order valence-corrected chi connectivity index (χ3v) is 4.88. The summed E-state index contributed by atoms with van der Waals surface area (Å²) in [6.45, 7) is -0.0891. The first kappa shape index (κ1) is 17.5. The fraction of sp³-hybridized carbons (Fsp3) is 0.462. The van der Waals surface area contributed by atoms with E-state index in [1.165, 1.54) is 39.4 Å². The molecule has 0 aliphatic carbocycles. The van der Waals surface area contributed by atoms with Crippen LogP contribution >= 0.6 is 0 Å². The van der Waals surface area contributed by atoms with Gasteiger partial charge in [-0.2, -0.15) is 17.0 Å². The fourth-order valence-corrected chi connectivity index (χ4v) is 2.75. The van der Waals surface area contributed by atoms with Crippen molar-refractivity contribution in [2.45, 2.75) is 13.0 Å². The van der Waals surface area contributed by atoms with Gasteiger partial charge in [0.15, 0.2) is 0 Å². The van der Waals surface area contributed by atoms with E-state index in [4.69, 9.17) is 0 Å². The van der Waals surface area contributed by atoms with Crippen LogP contribution in [0.2, 0.25) is 0 Å². The lowest BCUT2D eigenvalue weighted by Crippen LogP contribution is -2.40. The second-order valence-corrected chi connectivity index (χ2v) is 6.65. The van der Waals surface area contributed by atoms with Gasteiger partial charge in [-0.25, -0.2) is 4.39 Å². The predicted molar refractivity (Wildman–Crippen MR) is 76.0 cm³/mol. The molecule has 0 aromatic heterocycles. The zero-order valence-corrected chi connectivity index (χ0v) is 13.1. The average molecular weight is 318 g/mol. The van der Waals surface area contributed by atoms with Crippen molar-refractivity contribution in [1.82, 2.24) is 8.61 Å². The zero-order chi connectivity index (χ0) is 16.0. The number of nitrogens with zero attached hydrogens (tertiary/aromatic N) is 2. The molecule has 0 unspecified atom stereocenters. The monoisotopic (exact) mass is 318 g/mol. The van der Waals surface area contributed by atoms with Gasteiger partial charge in [0.05, 0.1) is 13.5 Å². The summed E-state index contributed by atoms with van der Waals surface area (Å²) >= 11 is 0. The molecule has 0 saturated heterocycles. The second-order valence-electron chi connectivity index (χ2n) is 4.50. The van der Waals surface area contributed by atoms with E-state index in [2.05, 4.69) is 4.74 Å². The molecule has 1 aromatic rings. The van der Waals surface area contributed by atoms with Gasteiger partial charge in [0.1, 0.15) is 5.82 Å². The highest BCUT2D eigenvalue weighted by molar-refractivity contribution is 7.86. The number of halogens is 1. The van der Waals surface area contributed by atoms with Crippen LogP contribution in [0.4, 0.5) is 4.39 Å². The minimum atomic E-state index is -3.77. The third kappa shape index (κ3) is 4.76. The Bertz CT molecular complexity index is 592. The van der Waals surface area contributed by atoms with E-state index in [0.717, 1.165) is 8.61 Å². The number of hydrogen-bond acceptors (Lipinski definition) is 4. The van der Waals surface area contributed by atoms with Crippen molar-refractivity contribution in [2.24, 2.45) is 0 Å². The molecule has 0 bridgehead atoms. The number of hydrogen-bond donors (Lipinski definition) is 0. The summed E-state index contributed by atoms with van der Waals surface area (Å²) in [4.78, 5) is 11.0. The van der Waals surface area contributed by atoms with Gasteiger partial charge in [0.25, 0.3) is 10.2 Å². The van der Waals surface area contributed by atoms with Crippen LogP contribution in [0.1, 0.15) is 12.0 Å². The van der Waals surface area contributed by atoms with E-state index in [1.54, 1.807) is 6.07 Å². The van der Waals surface area contributed by atoms with Crippen LogP contribution in [0.3, 0.4) is 0 Å². The first-order valence-corrected chi connectivity index (χ1v) is 7.66. The molecule has 0 radical (unpaired) electrons. The van der Waals surface area contributed by atoms with Crippen LogP contribution in [-0.2, 0) is 26.3 Å². The molecule has 0 aliphatic heterocycles. The van der Waals surface area contributed by atoms with Gasteiger partial charge in [0, 0.05) is 32.7 Å². The maximum atomic E-state index is 13.5. The number of ether oxygens (including phenoxy) is 1. The maximum absolute atomic E-state index is 13.5. The van der Waals surface area contributed by atoms with Gasteiger partial charge in [-0.05, 0) is 6.07 Å². The highest BCUT2D eigenvalue weighted by Gasteiger charge is 2.24. The highest BCUT2D eigenvalue weighted by Crippen LogP contribution is 2.13. The zero-order valence-electron chi connectivity index (χ0n) is 12.2. The van der Waals surface area contributed by atoms with Gasteiger partial charge in [0.2, 0.25) is 0 Å². The second kappa shape index (κ2) is 7.48. The number of rotatable bonds is 7. The van der Waals surface area contributed by atoms with Crippen molar-refractivity contribution in [3.63, 3.8) is 0 Å². The van der Waals surface area contributed by atoms with Crippen LogP contribution in [0.5, 0.6) is 0 Å². The standard InChI is InChI=1S/C13H19FN2O4S/c1-15(9-8-13(17)20-3)21(18,19)16(2)10-11-6-4-5-7-12(11)14/h4-7H,8-10H2,1-3H3. The van der Waals surface area contributed by atoms with Gasteiger partial charge in [-0.1, -0.05) is 18.2 Å². The molecule has 0 spiro atoms. The van der Waals surface area contributed by atoms with Crippen LogP contribution in [-0.4, -0.2) is 50.7 Å². The molecule has 0 atom stereocenters. The van der Waals surface area contributed by atoms with E-state index in [-0.39, 0.29) is 25.1 Å². The van der Waals surface area contributed by atoms with Gasteiger partial charge < -0.3 is 4.74 Å². The fourth-order valence-electron chi connectivity index (χ4n) is 1.65. The van der Waals surface area contributed by atoms with Crippen LogP contribution in [0.15, 0.2) is 24.3 Å². The molecule has 0 N–H and O–H groups in total. The van der Waals surface area contributed by atoms with Crippen molar-refractivity contribution >= 4 is 16.2 Å². The van der Waals surface area contributed by atoms with Crippen molar-refractivity contribution in [3.8, 4) is 0 Å². The minimum absolute atomic E-state index is 0.00335. The van der Waals surface area contributed by atoms with Gasteiger partial charge in [-0.15, -0.1) is 0 Å². The van der Waals surface area contributed by atoms with Gasteiger partial charge >= 0.3 is 5.97 Å². The molecular weight excluding hydrogens is 299 g/mol. The molecule has 1 rings (SSSR count). The summed E-state index contributed by atoms with van der Waals surface area (Å²) in [5.74, 6) is -0.953. The largest absolute Gasteiger partial charge is 0.469 e. The first-order chi connectivity index (χ1) is 9.78. The molecule has 8 heteroatoms. The predicted octanol–water partition coefficient (Wildman–Crippen LogP) is 0.997. The van der Waals surface area contributed by atoms with Crippen molar-refractivity contribution in [3.05, 3.63) is 35.6 Å². The summed E-state index contributed by atoms with van der Waals surface area (Å²) in [6.07, 6.45) is -0.0419. The SMILES string of the molecule is COC(=O)CCN(C)S(=O)(=O)N(C)Cc1ccccc1F. The summed E-state index contributed by atoms with van der Waals surface area (Å²) in [5.41, 5.74) is 0.282. The summed E-state index contributed by atoms with van der Waals surface area (Å²) in [6, 6.07) is 5.97. The lowest BCUT2D eigenvalue weighted by molar-refractivity contribution is -0.140. The van der Waals surface area contributed by atoms with Crippen molar-refractivity contribution < 1.29 is 22.3 Å². The number of carbonyl (C=O) groups is 1. The number of methoxy groups -OCH3 is 1. The summed E-state index contributed by atoms with van der Waals surface area (Å²) in [7, 11) is 0.186. The van der Waals surface area contributed by atoms with Crippen LogP contribution < -0.4 is 0 Å². The van der Waals surface area contributed by atoms with Gasteiger partial charge in [-0.3, -0.25) is 4.79 Å². The Kier molecular flexibility index (Phi) is 6.25. The minimum Gasteiger partial charge on any atom is -0.469 e. The Morgan fingerprint density at radius 2 is 1.86 bits per heavy atom. The van der Waals surface area contributed by atoms with E-state index in [1.807, 2.05) is 0 Å². The van der Waals surface area contributed by atoms with E-state index in [0.29, 0.717) is 0 Å². The normalized spacial score (nSPS) is 11.9. The molecule has 0 heterocycles. The van der Waals surface area contributed by atoms with E-state index in [9.17, 15) is 17.6 Å².